The molecule has 0 amide bonds. The minimum Gasteiger partial charge on any atom is -0.504 e. The molecule has 2 aliphatic rings. The summed E-state index contributed by atoms with van der Waals surface area (Å²) in [5, 5.41) is 17.8. The molecule has 3 N–H and O–H groups in total. The molecule has 1 aliphatic carbocycles. The SMILES string of the molecule is COc1cc(C2Nc3ccccc3NC3=CC(c4ccccc4Cl)CC(=O)C32)ccc1O. The number of methoxy groups -OCH3 is 1. The number of carbonyl (C=O) groups excluding carboxylic acids is 1. The summed E-state index contributed by atoms with van der Waals surface area (Å²) in [7, 11) is 1.52. The van der Waals surface area contributed by atoms with Crippen molar-refractivity contribution in [2.24, 2.45) is 5.92 Å². The molecule has 0 saturated heterocycles. The third kappa shape index (κ3) is 3.59. The van der Waals surface area contributed by atoms with Crippen molar-refractivity contribution in [3.8, 4) is 11.5 Å². The second-order valence-corrected chi connectivity index (χ2v) is 8.53. The Morgan fingerprint density at radius 2 is 1.78 bits per heavy atom. The van der Waals surface area contributed by atoms with E-state index in [0.29, 0.717) is 17.2 Å². The maximum absolute atomic E-state index is 13.6. The lowest BCUT2D eigenvalue weighted by Crippen LogP contribution is -2.33. The number of nitrogens with one attached hydrogen (secondary N) is 2. The lowest BCUT2D eigenvalue weighted by molar-refractivity contribution is -0.122. The van der Waals surface area contributed by atoms with E-state index in [9.17, 15) is 9.90 Å². The minimum absolute atomic E-state index is 0.0629. The average molecular weight is 447 g/mol. The summed E-state index contributed by atoms with van der Waals surface area (Å²) >= 11 is 6.46. The summed E-state index contributed by atoms with van der Waals surface area (Å²) < 4.78 is 5.32. The number of para-hydroxylation sites is 2. The number of phenols is 1. The number of Topliss-reactive ketones (excluding diaryl/α,β-unsaturated/α-hetero) is 1. The van der Waals surface area contributed by atoms with Crippen LogP contribution in [0.4, 0.5) is 11.4 Å². The van der Waals surface area contributed by atoms with Crippen LogP contribution in [0.3, 0.4) is 0 Å². The largest absolute Gasteiger partial charge is 0.504 e. The van der Waals surface area contributed by atoms with E-state index in [2.05, 4.69) is 16.7 Å². The Bertz CT molecular complexity index is 1220. The Morgan fingerprint density at radius 1 is 1.03 bits per heavy atom. The van der Waals surface area contributed by atoms with Gasteiger partial charge in [-0.3, -0.25) is 4.79 Å². The predicted molar refractivity (Wildman–Crippen MR) is 126 cm³/mol. The summed E-state index contributed by atoms with van der Waals surface area (Å²) in [5.74, 6) is 0.0355. The number of hydrogen-bond acceptors (Lipinski definition) is 5. The van der Waals surface area contributed by atoms with Gasteiger partial charge in [-0.05, 0) is 41.5 Å². The number of ether oxygens (including phenoxy) is 1. The van der Waals surface area contributed by atoms with Crippen LogP contribution in [0.5, 0.6) is 11.5 Å². The normalized spacial score (nSPS) is 21.9. The molecule has 0 fully saturated rings. The number of hydrogen-bond donors (Lipinski definition) is 3. The topological polar surface area (TPSA) is 70.6 Å². The molecular formula is C26H23ClN2O3. The van der Waals surface area contributed by atoms with Gasteiger partial charge in [-0.15, -0.1) is 0 Å². The fourth-order valence-corrected chi connectivity index (χ4v) is 4.92. The summed E-state index contributed by atoms with van der Waals surface area (Å²) in [6.45, 7) is 0. The second kappa shape index (κ2) is 8.24. The first-order chi connectivity index (χ1) is 15.5. The zero-order valence-corrected chi connectivity index (χ0v) is 18.3. The molecule has 0 saturated carbocycles. The molecule has 32 heavy (non-hydrogen) atoms. The van der Waals surface area contributed by atoms with Gasteiger partial charge >= 0.3 is 0 Å². The van der Waals surface area contributed by atoms with Crippen LogP contribution in [0.25, 0.3) is 0 Å². The van der Waals surface area contributed by atoms with Crippen LogP contribution in [-0.4, -0.2) is 18.0 Å². The molecular weight excluding hydrogens is 424 g/mol. The summed E-state index contributed by atoms with van der Waals surface area (Å²) in [4.78, 5) is 13.6. The van der Waals surface area contributed by atoms with Crippen LogP contribution in [0.1, 0.15) is 29.5 Å². The Kier molecular flexibility index (Phi) is 5.27. The molecule has 0 spiro atoms. The number of anilines is 2. The van der Waals surface area contributed by atoms with Gasteiger partial charge in [0.25, 0.3) is 0 Å². The first-order valence-electron chi connectivity index (χ1n) is 10.5. The van der Waals surface area contributed by atoms with Crippen LogP contribution < -0.4 is 15.4 Å². The smallest absolute Gasteiger partial charge is 0.160 e. The number of ketones is 1. The first-order valence-corrected chi connectivity index (χ1v) is 10.9. The lowest BCUT2D eigenvalue weighted by atomic mass is 9.76. The fraction of sp³-hybridized carbons (Fsp3) is 0.192. The molecule has 3 aromatic rings. The monoisotopic (exact) mass is 446 g/mol. The van der Waals surface area contributed by atoms with Gasteiger partial charge in [0, 0.05) is 23.1 Å². The minimum atomic E-state index is -0.421. The number of carbonyl (C=O) groups is 1. The van der Waals surface area contributed by atoms with E-state index in [1.807, 2.05) is 54.6 Å². The van der Waals surface area contributed by atoms with Gasteiger partial charge in [-0.25, -0.2) is 0 Å². The number of phenolic OH excluding ortho intramolecular Hbond substituents is 1. The predicted octanol–water partition coefficient (Wildman–Crippen LogP) is 5.89. The maximum Gasteiger partial charge on any atom is 0.160 e. The number of fused-ring (bicyclic) bond motifs is 2. The number of rotatable bonds is 3. The van der Waals surface area contributed by atoms with Gasteiger partial charge in [0.2, 0.25) is 0 Å². The highest BCUT2D eigenvalue weighted by Gasteiger charge is 2.40. The van der Waals surface area contributed by atoms with Crippen molar-refractivity contribution in [1.29, 1.82) is 0 Å². The van der Waals surface area contributed by atoms with E-state index in [0.717, 1.165) is 28.2 Å². The van der Waals surface area contributed by atoms with Crippen LogP contribution in [0.2, 0.25) is 5.02 Å². The molecule has 0 bridgehead atoms. The van der Waals surface area contributed by atoms with Gasteiger partial charge in [-0.2, -0.15) is 0 Å². The maximum atomic E-state index is 13.6. The van der Waals surface area contributed by atoms with E-state index in [1.54, 1.807) is 12.1 Å². The molecule has 1 heterocycles. The molecule has 5 nitrogen and oxygen atoms in total. The van der Waals surface area contributed by atoms with Gasteiger partial charge in [0.15, 0.2) is 11.5 Å². The Balaban J connectivity index is 1.64. The van der Waals surface area contributed by atoms with E-state index in [-0.39, 0.29) is 23.5 Å². The summed E-state index contributed by atoms with van der Waals surface area (Å²) in [5.41, 5.74) is 4.47. The van der Waals surface area contributed by atoms with Crippen LogP contribution in [0, 0.1) is 5.92 Å². The zero-order valence-electron chi connectivity index (χ0n) is 17.5. The van der Waals surface area contributed by atoms with Crippen molar-refractivity contribution >= 4 is 28.8 Å². The fourth-order valence-electron chi connectivity index (χ4n) is 4.64. The third-order valence-electron chi connectivity index (χ3n) is 6.20. The molecule has 5 rings (SSSR count). The van der Waals surface area contributed by atoms with Gasteiger partial charge in [0.1, 0.15) is 5.78 Å². The van der Waals surface area contributed by atoms with Gasteiger partial charge in [-0.1, -0.05) is 54.1 Å². The number of aromatic hydroxyl groups is 1. The van der Waals surface area contributed by atoms with E-state index in [1.165, 1.54) is 7.11 Å². The average Bonchev–Trinajstić information content (AvgIpc) is 2.96. The van der Waals surface area contributed by atoms with Crippen molar-refractivity contribution in [3.63, 3.8) is 0 Å². The number of halogens is 1. The van der Waals surface area contributed by atoms with Crippen molar-refractivity contribution in [1.82, 2.24) is 0 Å². The quantitative estimate of drug-likeness (QED) is 0.468. The number of benzene rings is 3. The number of allylic oxidation sites excluding steroid dienone is 1. The molecule has 6 heteroatoms. The van der Waals surface area contributed by atoms with Gasteiger partial charge < -0.3 is 20.5 Å². The molecule has 162 valence electrons. The van der Waals surface area contributed by atoms with Crippen molar-refractivity contribution in [3.05, 3.63) is 94.7 Å². The van der Waals surface area contributed by atoms with E-state index < -0.39 is 5.92 Å². The molecule has 3 atom stereocenters. The summed E-state index contributed by atoms with van der Waals surface area (Å²) in [6.07, 6.45) is 2.49. The van der Waals surface area contributed by atoms with Crippen LogP contribution in [0.15, 0.2) is 78.5 Å². The lowest BCUT2D eigenvalue weighted by Gasteiger charge is -2.32. The molecule has 3 unspecified atom stereocenters. The Labute approximate surface area is 191 Å². The van der Waals surface area contributed by atoms with Crippen molar-refractivity contribution in [2.45, 2.75) is 18.4 Å². The summed E-state index contributed by atoms with van der Waals surface area (Å²) in [6, 6.07) is 20.4. The highest BCUT2D eigenvalue weighted by atomic mass is 35.5. The van der Waals surface area contributed by atoms with Crippen LogP contribution >= 0.6 is 11.6 Å². The zero-order chi connectivity index (χ0) is 22.2. The second-order valence-electron chi connectivity index (χ2n) is 8.12. The van der Waals surface area contributed by atoms with E-state index in [4.69, 9.17) is 16.3 Å². The van der Waals surface area contributed by atoms with E-state index >= 15 is 0 Å². The first kappa shape index (κ1) is 20.5. The Morgan fingerprint density at radius 3 is 2.56 bits per heavy atom. The standard InChI is InChI=1S/C26H23ClN2O3/c1-32-24-14-15(10-11-22(24)30)26-25-21(28-19-8-4-5-9-20(19)29-26)12-16(13-23(25)31)17-6-2-3-7-18(17)27/h2-12,14,16,25-26,28-30H,13H2,1H3. The molecule has 0 radical (unpaired) electrons. The van der Waals surface area contributed by atoms with Crippen LogP contribution in [-0.2, 0) is 4.79 Å². The molecule has 3 aromatic carbocycles. The van der Waals surface area contributed by atoms with Crippen molar-refractivity contribution in [2.75, 3.05) is 17.7 Å². The third-order valence-corrected chi connectivity index (χ3v) is 6.55. The molecule has 1 aliphatic heterocycles. The highest BCUT2D eigenvalue weighted by molar-refractivity contribution is 6.31. The highest BCUT2D eigenvalue weighted by Crippen LogP contribution is 2.46. The van der Waals surface area contributed by atoms with Gasteiger partial charge in [0.05, 0.1) is 30.4 Å². The Hall–Kier alpha value is -3.44. The van der Waals surface area contributed by atoms with Crippen molar-refractivity contribution < 1.29 is 14.6 Å². The molecule has 0 aromatic heterocycles.